The van der Waals surface area contributed by atoms with E-state index in [0.29, 0.717) is 13.1 Å². The van der Waals surface area contributed by atoms with Crippen molar-refractivity contribution in [3.63, 3.8) is 0 Å². The Balaban J connectivity index is 1.46. The molecule has 0 aliphatic carbocycles. The SMILES string of the molecule is C/C=C\N=C(F)CC(=O)N1CCC(Nc2cc(-c3cccnc3)cc3ccncc23)CC1. The molecule has 3 heterocycles. The molecule has 1 amide bonds. The molecule has 6 nitrogen and oxygen atoms in total. The smallest absolute Gasteiger partial charge is 0.231 e. The van der Waals surface area contributed by atoms with Gasteiger partial charge in [-0.05, 0) is 55.0 Å². The number of rotatable bonds is 6. The van der Waals surface area contributed by atoms with Crippen LogP contribution in [0, 0.1) is 0 Å². The summed E-state index contributed by atoms with van der Waals surface area (Å²) in [5.74, 6) is -0.873. The normalized spacial score (nSPS) is 15.4. The lowest BCUT2D eigenvalue weighted by Gasteiger charge is -2.33. The number of piperidine rings is 1. The Morgan fingerprint density at radius 3 is 2.75 bits per heavy atom. The monoisotopic (exact) mass is 431 g/mol. The highest BCUT2D eigenvalue weighted by molar-refractivity contribution is 5.98. The third kappa shape index (κ3) is 5.17. The molecule has 1 N–H and O–H groups in total. The minimum absolute atomic E-state index is 0.216. The van der Waals surface area contributed by atoms with Gasteiger partial charge in [0.05, 0.1) is 6.42 Å². The molecule has 4 rings (SSSR count). The molecule has 2 aromatic heterocycles. The van der Waals surface area contributed by atoms with Crippen LogP contribution < -0.4 is 5.32 Å². The molecule has 32 heavy (non-hydrogen) atoms. The zero-order valence-corrected chi connectivity index (χ0v) is 18.0. The summed E-state index contributed by atoms with van der Waals surface area (Å²) in [7, 11) is 0. The first-order valence-electron chi connectivity index (χ1n) is 10.8. The zero-order valence-electron chi connectivity index (χ0n) is 18.0. The quantitative estimate of drug-likeness (QED) is 0.558. The number of hydrogen-bond donors (Lipinski definition) is 1. The van der Waals surface area contributed by atoms with Gasteiger partial charge in [-0.2, -0.15) is 4.39 Å². The molecule has 0 unspecified atom stereocenters. The van der Waals surface area contributed by atoms with Crippen LogP contribution >= 0.6 is 0 Å². The number of halogens is 1. The lowest BCUT2D eigenvalue weighted by atomic mass is 9.99. The van der Waals surface area contributed by atoms with Gasteiger partial charge in [0, 0.05) is 66.8 Å². The van der Waals surface area contributed by atoms with Gasteiger partial charge in [-0.15, -0.1) is 0 Å². The summed E-state index contributed by atoms with van der Waals surface area (Å²) in [6, 6.07) is 10.5. The fraction of sp³-hybridized carbons (Fsp3) is 0.280. The van der Waals surface area contributed by atoms with E-state index >= 15 is 0 Å². The molecular weight excluding hydrogens is 405 g/mol. The number of likely N-dealkylation sites (tertiary alicyclic amines) is 1. The van der Waals surface area contributed by atoms with Gasteiger partial charge in [-0.1, -0.05) is 12.1 Å². The number of amides is 1. The average Bonchev–Trinajstić information content (AvgIpc) is 2.83. The van der Waals surface area contributed by atoms with Crippen LogP contribution in [0.2, 0.25) is 0 Å². The highest BCUT2D eigenvalue weighted by Crippen LogP contribution is 2.31. The van der Waals surface area contributed by atoms with Crippen LogP contribution in [-0.4, -0.2) is 45.9 Å². The third-order valence-electron chi connectivity index (χ3n) is 5.62. The van der Waals surface area contributed by atoms with Crippen molar-refractivity contribution in [2.75, 3.05) is 18.4 Å². The molecule has 1 aliphatic rings. The van der Waals surface area contributed by atoms with E-state index in [1.807, 2.05) is 30.6 Å². The third-order valence-corrected chi connectivity index (χ3v) is 5.62. The fourth-order valence-electron chi connectivity index (χ4n) is 3.95. The van der Waals surface area contributed by atoms with E-state index in [1.165, 1.54) is 6.20 Å². The van der Waals surface area contributed by atoms with Gasteiger partial charge in [0.25, 0.3) is 0 Å². The Kier molecular flexibility index (Phi) is 6.84. The lowest BCUT2D eigenvalue weighted by Crippen LogP contribution is -2.42. The van der Waals surface area contributed by atoms with Crippen molar-refractivity contribution >= 4 is 28.3 Å². The molecule has 164 valence electrons. The van der Waals surface area contributed by atoms with E-state index in [4.69, 9.17) is 0 Å². The van der Waals surface area contributed by atoms with E-state index in [-0.39, 0.29) is 18.4 Å². The Hall–Kier alpha value is -3.61. The van der Waals surface area contributed by atoms with Crippen molar-refractivity contribution < 1.29 is 9.18 Å². The second-order valence-electron chi connectivity index (χ2n) is 7.83. The van der Waals surface area contributed by atoms with Crippen LogP contribution in [0.25, 0.3) is 21.9 Å². The largest absolute Gasteiger partial charge is 0.382 e. The average molecular weight is 432 g/mol. The fourth-order valence-corrected chi connectivity index (χ4v) is 3.95. The number of benzene rings is 1. The highest BCUT2D eigenvalue weighted by atomic mass is 19.1. The van der Waals surface area contributed by atoms with Crippen LogP contribution in [-0.2, 0) is 4.79 Å². The number of pyridine rings is 2. The molecule has 0 spiro atoms. The summed E-state index contributed by atoms with van der Waals surface area (Å²) in [6.07, 6.45) is 11.6. The van der Waals surface area contributed by atoms with E-state index < -0.39 is 5.97 Å². The second kappa shape index (κ2) is 10.1. The summed E-state index contributed by atoms with van der Waals surface area (Å²) in [6.45, 7) is 2.93. The Morgan fingerprint density at radius 2 is 2.00 bits per heavy atom. The number of aliphatic imine (C=N–C) groups is 1. The summed E-state index contributed by atoms with van der Waals surface area (Å²) in [5, 5.41) is 5.82. The molecule has 1 fully saturated rings. The predicted octanol–water partition coefficient (Wildman–Crippen LogP) is 4.99. The first kappa shape index (κ1) is 21.6. The maximum atomic E-state index is 13.7. The molecule has 0 saturated carbocycles. The van der Waals surface area contributed by atoms with E-state index in [1.54, 1.807) is 30.3 Å². The number of anilines is 1. The Bertz CT molecular complexity index is 1140. The minimum Gasteiger partial charge on any atom is -0.382 e. The van der Waals surface area contributed by atoms with Gasteiger partial charge < -0.3 is 10.2 Å². The molecule has 1 aromatic carbocycles. The highest BCUT2D eigenvalue weighted by Gasteiger charge is 2.24. The van der Waals surface area contributed by atoms with Crippen molar-refractivity contribution in [2.24, 2.45) is 4.99 Å². The standard InChI is InChI=1S/C25H26FN5O/c1-2-8-29-24(26)15-25(32)31-11-6-21(7-12-31)30-23-14-20(19-4-3-9-27-16-19)13-18-5-10-28-17-22(18)23/h2-5,8-10,13-14,16-17,21,30H,6-7,11-12,15H2,1H3/b8-2-,29-24?. The van der Waals surface area contributed by atoms with Gasteiger partial charge in [0.15, 0.2) is 5.97 Å². The van der Waals surface area contributed by atoms with Crippen LogP contribution in [0.5, 0.6) is 0 Å². The Labute approximate surface area is 186 Å². The summed E-state index contributed by atoms with van der Waals surface area (Å²) < 4.78 is 13.7. The van der Waals surface area contributed by atoms with Gasteiger partial charge in [0.2, 0.25) is 5.91 Å². The molecule has 1 aliphatic heterocycles. The molecule has 0 radical (unpaired) electrons. The van der Waals surface area contributed by atoms with Crippen molar-refractivity contribution in [1.82, 2.24) is 14.9 Å². The number of nitrogens with zero attached hydrogens (tertiary/aromatic N) is 4. The molecule has 0 atom stereocenters. The maximum absolute atomic E-state index is 13.7. The first-order valence-corrected chi connectivity index (χ1v) is 10.8. The number of carbonyl (C=O) groups is 1. The number of carbonyl (C=O) groups excluding carboxylic acids is 1. The molecule has 7 heteroatoms. The number of hydrogen-bond acceptors (Lipinski definition) is 5. The minimum atomic E-state index is -0.653. The Morgan fingerprint density at radius 1 is 1.19 bits per heavy atom. The summed E-state index contributed by atoms with van der Waals surface area (Å²) in [4.78, 5) is 26.2. The van der Waals surface area contributed by atoms with E-state index in [2.05, 4.69) is 32.4 Å². The summed E-state index contributed by atoms with van der Waals surface area (Å²) >= 11 is 0. The van der Waals surface area contributed by atoms with Crippen LogP contribution in [0.4, 0.5) is 10.1 Å². The van der Waals surface area contributed by atoms with Crippen LogP contribution in [0.1, 0.15) is 26.2 Å². The van der Waals surface area contributed by atoms with Crippen molar-refractivity contribution in [2.45, 2.75) is 32.2 Å². The molecule has 0 bridgehead atoms. The summed E-state index contributed by atoms with van der Waals surface area (Å²) in [5.41, 5.74) is 3.16. The van der Waals surface area contributed by atoms with Crippen molar-refractivity contribution in [3.8, 4) is 11.1 Å². The van der Waals surface area contributed by atoms with Crippen LogP contribution in [0.15, 0.2) is 72.4 Å². The second-order valence-corrected chi connectivity index (χ2v) is 7.83. The number of allylic oxidation sites excluding steroid dienone is 1. The van der Waals surface area contributed by atoms with Gasteiger partial charge >= 0.3 is 0 Å². The maximum Gasteiger partial charge on any atom is 0.231 e. The van der Waals surface area contributed by atoms with E-state index in [0.717, 1.165) is 40.4 Å². The van der Waals surface area contributed by atoms with Gasteiger partial charge in [0.1, 0.15) is 0 Å². The zero-order chi connectivity index (χ0) is 22.3. The van der Waals surface area contributed by atoms with Crippen molar-refractivity contribution in [1.29, 1.82) is 0 Å². The number of aromatic nitrogens is 2. The molecule has 1 saturated heterocycles. The van der Waals surface area contributed by atoms with E-state index in [9.17, 15) is 9.18 Å². The van der Waals surface area contributed by atoms with Crippen LogP contribution in [0.3, 0.4) is 0 Å². The number of nitrogens with one attached hydrogen (secondary N) is 1. The van der Waals surface area contributed by atoms with Gasteiger partial charge in [-0.25, -0.2) is 4.99 Å². The van der Waals surface area contributed by atoms with Crippen molar-refractivity contribution in [3.05, 3.63) is 67.4 Å². The predicted molar refractivity (Wildman–Crippen MR) is 126 cm³/mol. The topological polar surface area (TPSA) is 70.5 Å². The molecular formula is C25H26FN5O. The number of fused-ring (bicyclic) bond motifs is 1. The lowest BCUT2D eigenvalue weighted by molar-refractivity contribution is -0.130. The molecule has 3 aromatic rings. The van der Waals surface area contributed by atoms with Gasteiger partial charge in [-0.3, -0.25) is 14.8 Å². The first-order chi connectivity index (χ1) is 15.6.